The Kier molecular flexibility index (Phi) is 12.1. The number of aromatic nitrogens is 3. The number of nitrogen functional groups attached to an aromatic ring is 1. The molecule has 4 N–H and O–H groups in total. The Hall–Kier alpha value is -1.75. The molecule has 1 aliphatic rings. The summed E-state index contributed by atoms with van der Waals surface area (Å²) in [6.07, 6.45) is -2.56. The molecule has 1 saturated heterocycles. The van der Waals surface area contributed by atoms with Gasteiger partial charge in [-0.1, -0.05) is 65.1 Å². The summed E-state index contributed by atoms with van der Waals surface area (Å²) >= 11 is 2.08. The van der Waals surface area contributed by atoms with Gasteiger partial charge < -0.3 is 24.9 Å². The third kappa shape index (κ3) is 9.38. The smallest absolute Gasteiger partial charge is 0.387 e. The number of aromatic amines is 1. The molecule has 14 nitrogen and oxygen atoms in total. The highest BCUT2D eigenvalue weighted by atomic mass is 32.2. The van der Waals surface area contributed by atoms with Crippen molar-refractivity contribution in [2.45, 2.75) is 66.1 Å². The van der Waals surface area contributed by atoms with Crippen molar-refractivity contribution < 1.29 is 42.3 Å². The number of nitrogens with zero attached hydrogens (tertiary/aromatic N) is 2. The quantitative estimate of drug-likeness (QED) is 0.208. The maximum Gasteiger partial charge on any atom is 0.474 e. The van der Waals surface area contributed by atoms with E-state index >= 15 is 0 Å². The van der Waals surface area contributed by atoms with E-state index in [0.717, 1.165) is 23.5 Å². The Morgan fingerprint density at radius 2 is 1.65 bits per heavy atom. The number of H-pyrrole nitrogens is 1. The molecule has 2 aromatic heterocycles. The van der Waals surface area contributed by atoms with Gasteiger partial charge in [0, 0.05) is 35.6 Å². The highest BCUT2D eigenvalue weighted by molar-refractivity contribution is 8.14. The third-order valence-corrected chi connectivity index (χ3v) is 10.2. The first-order valence-electron chi connectivity index (χ1n) is 13.6. The fourth-order valence-electron chi connectivity index (χ4n) is 3.88. The topological polar surface area (TPSA) is 194 Å². The predicted molar refractivity (Wildman–Crippen MR) is 165 cm³/mol. The lowest BCUT2D eigenvalue weighted by molar-refractivity contribution is -0.118. The van der Waals surface area contributed by atoms with Crippen LogP contribution in [0.25, 0.3) is 11.0 Å². The molecule has 1 fully saturated rings. The fraction of sp³-hybridized carbons (Fsp3) is 0.692. The molecule has 4 atom stereocenters. The van der Waals surface area contributed by atoms with Gasteiger partial charge in [-0.3, -0.25) is 32.9 Å². The first-order chi connectivity index (χ1) is 20.0. The van der Waals surface area contributed by atoms with Crippen LogP contribution in [0.1, 0.15) is 47.8 Å². The van der Waals surface area contributed by atoms with E-state index in [1.165, 1.54) is 17.7 Å². The van der Waals surface area contributed by atoms with Crippen molar-refractivity contribution in [1.82, 2.24) is 14.5 Å². The maximum absolute atomic E-state index is 13.6. The number of aliphatic hydroxyl groups excluding tert-OH is 1. The molecule has 0 aliphatic carbocycles. The van der Waals surface area contributed by atoms with Crippen molar-refractivity contribution in [2.75, 3.05) is 44.2 Å². The lowest BCUT2D eigenvalue weighted by atomic mass is 9.99. The zero-order valence-corrected chi connectivity index (χ0v) is 27.9. The summed E-state index contributed by atoms with van der Waals surface area (Å²) < 4.78 is 43.2. The van der Waals surface area contributed by atoms with Gasteiger partial charge >= 0.3 is 7.82 Å². The lowest BCUT2D eigenvalue weighted by Gasteiger charge is -2.22. The first-order valence-corrected chi connectivity index (χ1v) is 17.0. The van der Waals surface area contributed by atoms with Crippen molar-refractivity contribution in [3.8, 4) is 0 Å². The number of hydrogen-bond acceptors (Lipinski definition) is 14. The SMILES string of the molecule is CO[C@@H]1[C@H](O)[C@@H](COP(=O)(OCCSC(=O)C(C)(C)C)OCCSC(=O)C(C)(C)C)O[C@H]1n1ccc2c(=O)[nH]c(N)nc21. The number of thioether (sulfide) groups is 2. The van der Waals surface area contributed by atoms with E-state index in [-0.39, 0.29) is 51.9 Å². The Bertz CT molecular complexity index is 1350. The molecule has 0 radical (unpaired) electrons. The highest BCUT2D eigenvalue weighted by Crippen LogP contribution is 2.50. The van der Waals surface area contributed by atoms with Crippen LogP contribution in [0.2, 0.25) is 0 Å². The number of phosphoric acid groups is 1. The van der Waals surface area contributed by atoms with Crippen LogP contribution in [0.4, 0.5) is 5.95 Å². The van der Waals surface area contributed by atoms with Crippen LogP contribution in [-0.2, 0) is 37.2 Å². The number of hydrogen-bond donors (Lipinski definition) is 3. The Balaban J connectivity index is 1.70. The number of fused-ring (bicyclic) bond motifs is 1. The van der Waals surface area contributed by atoms with Crippen LogP contribution in [0.3, 0.4) is 0 Å². The first kappa shape index (κ1) is 35.7. The Labute approximate surface area is 258 Å². The lowest BCUT2D eigenvalue weighted by Crippen LogP contribution is -2.35. The molecule has 242 valence electrons. The molecule has 3 heterocycles. The zero-order valence-electron chi connectivity index (χ0n) is 25.4. The number of nitrogens with one attached hydrogen (secondary N) is 1. The molecular weight excluding hydrogens is 623 g/mol. The minimum absolute atomic E-state index is 0.0558. The highest BCUT2D eigenvalue weighted by Gasteiger charge is 2.47. The Morgan fingerprint density at radius 3 is 2.16 bits per heavy atom. The van der Waals surface area contributed by atoms with Crippen molar-refractivity contribution in [3.63, 3.8) is 0 Å². The largest absolute Gasteiger partial charge is 0.474 e. The maximum atomic E-state index is 13.6. The molecule has 0 amide bonds. The van der Waals surface area contributed by atoms with Gasteiger partial charge in [-0.2, -0.15) is 4.98 Å². The molecule has 3 rings (SSSR count). The number of carbonyl (C=O) groups is 2. The van der Waals surface area contributed by atoms with Crippen LogP contribution >= 0.6 is 31.3 Å². The van der Waals surface area contributed by atoms with E-state index in [1.807, 2.05) is 0 Å². The molecule has 0 unspecified atom stereocenters. The van der Waals surface area contributed by atoms with E-state index in [4.69, 9.17) is 28.8 Å². The van der Waals surface area contributed by atoms with E-state index in [9.17, 15) is 24.1 Å². The minimum Gasteiger partial charge on any atom is -0.387 e. The average molecular weight is 665 g/mol. The average Bonchev–Trinajstić information content (AvgIpc) is 3.47. The summed E-state index contributed by atoms with van der Waals surface area (Å²) in [5.74, 6) is 0.317. The van der Waals surface area contributed by atoms with Gasteiger partial charge in [0.2, 0.25) is 5.95 Å². The normalized spacial score (nSPS) is 21.5. The van der Waals surface area contributed by atoms with Gasteiger partial charge in [0.25, 0.3) is 5.56 Å². The second kappa shape index (κ2) is 14.6. The van der Waals surface area contributed by atoms with Crippen molar-refractivity contribution in [3.05, 3.63) is 22.6 Å². The number of methoxy groups -OCH3 is 1. The molecular formula is C26H41N4O10PS2. The van der Waals surface area contributed by atoms with Crippen LogP contribution in [0.5, 0.6) is 0 Å². The van der Waals surface area contributed by atoms with E-state index in [1.54, 1.807) is 47.7 Å². The molecule has 0 saturated carbocycles. The van der Waals surface area contributed by atoms with Crippen molar-refractivity contribution >= 4 is 58.6 Å². The minimum atomic E-state index is -4.22. The summed E-state index contributed by atoms with van der Waals surface area (Å²) in [6, 6.07) is 1.54. The molecule has 17 heteroatoms. The number of nitrogens with two attached hydrogens (primary N) is 1. The number of rotatable bonds is 13. The number of phosphoric ester groups is 1. The van der Waals surface area contributed by atoms with Gasteiger partial charge in [-0.15, -0.1) is 0 Å². The van der Waals surface area contributed by atoms with Crippen LogP contribution in [-0.4, -0.2) is 86.6 Å². The van der Waals surface area contributed by atoms with E-state index in [2.05, 4.69) is 9.97 Å². The second-order valence-corrected chi connectivity index (χ2v) is 15.7. The van der Waals surface area contributed by atoms with Gasteiger partial charge in [0.15, 0.2) is 22.1 Å². The Morgan fingerprint density at radius 1 is 1.09 bits per heavy atom. The van der Waals surface area contributed by atoms with E-state index < -0.39 is 55.4 Å². The van der Waals surface area contributed by atoms with Crippen LogP contribution in [0.15, 0.2) is 17.1 Å². The van der Waals surface area contributed by atoms with Gasteiger partial charge in [0.05, 0.1) is 25.2 Å². The molecule has 0 spiro atoms. The molecule has 0 bridgehead atoms. The summed E-state index contributed by atoms with van der Waals surface area (Å²) in [5, 5.41) is 11.1. The molecule has 0 aromatic carbocycles. The zero-order chi connectivity index (χ0) is 32.2. The van der Waals surface area contributed by atoms with Crippen LogP contribution in [0, 0.1) is 10.8 Å². The second-order valence-electron chi connectivity index (χ2n) is 11.8. The van der Waals surface area contributed by atoms with Crippen molar-refractivity contribution in [1.29, 1.82) is 0 Å². The van der Waals surface area contributed by atoms with Crippen LogP contribution < -0.4 is 11.3 Å². The standard InChI is InChI=1S/C26H41N4O10PS2/c1-25(2,3)22(33)42-12-10-37-41(35,38-11-13-43-23(34)26(4,5)6)39-14-16-17(31)18(36-7)21(40-16)30-9-8-15-19(30)28-24(27)29-20(15)32/h8-9,16-18,21,31H,10-14H2,1-7H3,(H3,27,28,29,32)/t16-,17-,18-,21-/m1/s1. The van der Waals surface area contributed by atoms with Gasteiger partial charge in [0.1, 0.15) is 18.3 Å². The monoisotopic (exact) mass is 664 g/mol. The third-order valence-electron chi connectivity index (χ3n) is 6.21. The summed E-state index contributed by atoms with van der Waals surface area (Å²) in [5.41, 5.74) is 4.41. The molecule has 2 aromatic rings. The summed E-state index contributed by atoms with van der Waals surface area (Å²) in [6.45, 7) is 10.1. The number of anilines is 1. The van der Waals surface area contributed by atoms with Gasteiger partial charge in [-0.05, 0) is 6.07 Å². The molecule has 43 heavy (non-hydrogen) atoms. The number of aliphatic hydroxyl groups is 1. The number of ether oxygens (including phenoxy) is 2. The van der Waals surface area contributed by atoms with E-state index in [0.29, 0.717) is 0 Å². The summed E-state index contributed by atoms with van der Waals surface area (Å²) in [4.78, 5) is 43.4. The predicted octanol–water partition coefficient (Wildman–Crippen LogP) is 3.35. The fourth-order valence-corrected chi connectivity index (χ4v) is 6.88. The molecule has 1 aliphatic heterocycles. The number of carbonyl (C=O) groups excluding carboxylic acids is 2. The van der Waals surface area contributed by atoms with Crippen molar-refractivity contribution in [2.24, 2.45) is 10.8 Å². The van der Waals surface area contributed by atoms with Gasteiger partial charge in [-0.25, -0.2) is 4.57 Å². The summed E-state index contributed by atoms with van der Waals surface area (Å²) in [7, 11) is -2.84.